The standard InChI is InChI=1S/C13H23N5/c1-2-13(4-3-5-14-9-13)10-17-6-7-18-11-15-16-12(18)8-17/h11,14H,2-10H2,1H3. The SMILES string of the molecule is CCC1(CN2CCn3cnnc3C2)CCCNC1. The lowest BCUT2D eigenvalue weighted by Gasteiger charge is -2.41. The smallest absolute Gasteiger partial charge is 0.147 e. The van der Waals surface area contributed by atoms with Crippen molar-refractivity contribution < 1.29 is 0 Å². The van der Waals surface area contributed by atoms with Crippen LogP contribution in [0.25, 0.3) is 0 Å². The Hall–Kier alpha value is -0.940. The Morgan fingerprint density at radius 3 is 3.17 bits per heavy atom. The van der Waals surface area contributed by atoms with Gasteiger partial charge in [0.1, 0.15) is 12.2 Å². The molecule has 1 aromatic rings. The third-order valence-corrected chi connectivity index (χ3v) is 4.59. The van der Waals surface area contributed by atoms with Crippen molar-refractivity contribution in [2.45, 2.75) is 39.3 Å². The fourth-order valence-electron chi connectivity index (χ4n) is 3.30. The molecule has 0 bridgehead atoms. The Kier molecular flexibility index (Phi) is 3.35. The van der Waals surface area contributed by atoms with Gasteiger partial charge in [-0.15, -0.1) is 10.2 Å². The lowest BCUT2D eigenvalue weighted by Crippen LogP contribution is -2.48. The van der Waals surface area contributed by atoms with E-state index in [-0.39, 0.29) is 0 Å². The monoisotopic (exact) mass is 249 g/mol. The summed E-state index contributed by atoms with van der Waals surface area (Å²) in [5.41, 5.74) is 0.473. The molecule has 1 saturated heterocycles. The van der Waals surface area contributed by atoms with Crippen molar-refractivity contribution in [1.29, 1.82) is 0 Å². The molecule has 5 nitrogen and oxygen atoms in total. The zero-order valence-corrected chi connectivity index (χ0v) is 11.2. The highest BCUT2D eigenvalue weighted by molar-refractivity contribution is 4.93. The molecular weight excluding hydrogens is 226 g/mol. The normalized spacial score (nSPS) is 29.2. The average molecular weight is 249 g/mol. The largest absolute Gasteiger partial charge is 0.316 e. The van der Waals surface area contributed by atoms with Gasteiger partial charge in [0.25, 0.3) is 0 Å². The fraction of sp³-hybridized carbons (Fsp3) is 0.846. The highest BCUT2D eigenvalue weighted by Gasteiger charge is 2.33. The molecule has 0 aromatic carbocycles. The number of hydrogen-bond acceptors (Lipinski definition) is 4. The first-order valence-corrected chi connectivity index (χ1v) is 7.11. The van der Waals surface area contributed by atoms with Crippen molar-refractivity contribution in [3.05, 3.63) is 12.2 Å². The second-order valence-corrected chi connectivity index (χ2v) is 5.79. The van der Waals surface area contributed by atoms with E-state index >= 15 is 0 Å². The lowest BCUT2D eigenvalue weighted by atomic mass is 9.78. The van der Waals surface area contributed by atoms with Gasteiger partial charge in [0.2, 0.25) is 0 Å². The van der Waals surface area contributed by atoms with Crippen LogP contribution in [0.5, 0.6) is 0 Å². The third-order valence-electron chi connectivity index (χ3n) is 4.59. The highest BCUT2D eigenvalue weighted by atomic mass is 15.3. The lowest BCUT2D eigenvalue weighted by molar-refractivity contribution is 0.0922. The quantitative estimate of drug-likeness (QED) is 0.863. The van der Waals surface area contributed by atoms with Gasteiger partial charge in [0.15, 0.2) is 0 Å². The molecule has 0 amide bonds. The summed E-state index contributed by atoms with van der Waals surface area (Å²) < 4.78 is 2.17. The number of piperidine rings is 1. The Morgan fingerprint density at radius 1 is 1.44 bits per heavy atom. The predicted octanol–water partition coefficient (Wildman–Crippen LogP) is 0.873. The van der Waals surface area contributed by atoms with E-state index in [4.69, 9.17) is 0 Å². The van der Waals surface area contributed by atoms with E-state index in [1.165, 1.54) is 38.9 Å². The topological polar surface area (TPSA) is 46.0 Å². The van der Waals surface area contributed by atoms with Crippen LogP contribution in [0.1, 0.15) is 32.0 Å². The van der Waals surface area contributed by atoms with Crippen LogP contribution in [-0.4, -0.2) is 45.8 Å². The summed E-state index contributed by atoms with van der Waals surface area (Å²) >= 11 is 0. The van der Waals surface area contributed by atoms with Gasteiger partial charge in [-0.1, -0.05) is 6.92 Å². The molecule has 1 atom stereocenters. The molecule has 0 radical (unpaired) electrons. The van der Waals surface area contributed by atoms with E-state index in [1.54, 1.807) is 0 Å². The van der Waals surface area contributed by atoms with Crippen LogP contribution in [0.2, 0.25) is 0 Å². The molecule has 1 fully saturated rings. The Labute approximate surface area is 109 Å². The molecule has 5 heteroatoms. The average Bonchev–Trinajstić information content (AvgIpc) is 2.87. The first-order chi connectivity index (χ1) is 8.81. The molecule has 1 N–H and O–H groups in total. The number of nitrogens with one attached hydrogen (secondary N) is 1. The predicted molar refractivity (Wildman–Crippen MR) is 70.1 cm³/mol. The van der Waals surface area contributed by atoms with Crippen LogP contribution in [0, 0.1) is 5.41 Å². The van der Waals surface area contributed by atoms with E-state index in [0.29, 0.717) is 5.41 Å². The Morgan fingerprint density at radius 2 is 2.39 bits per heavy atom. The summed E-state index contributed by atoms with van der Waals surface area (Å²) in [6.45, 7) is 9.02. The second kappa shape index (κ2) is 4.97. The van der Waals surface area contributed by atoms with Crippen LogP contribution in [-0.2, 0) is 13.1 Å². The molecule has 0 aliphatic carbocycles. The van der Waals surface area contributed by atoms with Crippen molar-refractivity contribution in [3.8, 4) is 0 Å². The van der Waals surface area contributed by atoms with Crippen molar-refractivity contribution in [3.63, 3.8) is 0 Å². The summed E-state index contributed by atoms with van der Waals surface area (Å²) in [4.78, 5) is 2.56. The van der Waals surface area contributed by atoms with E-state index in [2.05, 4.69) is 31.9 Å². The fourth-order valence-corrected chi connectivity index (χ4v) is 3.30. The minimum Gasteiger partial charge on any atom is -0.316 e. The molecule has 2 aliphatic heterocycles. The van der Waals surface area contributed by atoms with Crippen LogP contribution in [0.3, 0.4) is 0 Å². The molecule has 0 saturated carbocycles. The first-order valence-electron chi connectivity index (χ1n) is 7.11. The minimum atomic E-state index is 0.473. The number of rotatable bonds is 3. The van der Waals surface area contributed by atoms with Crippen molar-refractivity contribution >= 4 is 0 Å². The molecule has 1 unspecified atom stereocenters. The van der Waals surface area contributed by atoms with Crippen LogP contribution < -0.4 is 5.32 Å². The molecule has 3 heterocycles. The van der Waals surface area contributed by atoms with E-state index in [9.17, 15) is 0 Å². The van der Waals surface area contributed by atoms with Gasteiger partial charge < -0.3 is 9.88 Å². The minimum absolute atomic E-state index is 0.473. The number of fused-ring (bicyclic) bond motifs is 1. The Bertz CT molecular complexity index is 394. The summed E-state index contributed by atoms with van der Waals surface area (Å²) in [6, 6.07) is 0. The second-order valence-electron chi connectivity index (χ2n) is 5.79. The van der Waals surface area contributed by atoms with Crippen molar-refractivity contribution in [1.82, 2.24) is 25.0 Å². The van der Waals surface area contributed by atoms with Gasteiger partial charge in [-0.05, 0) is 31.2 Å². The van der Waals surface area contributed by atoms with Crippen LogP contribution in [0.15, 0.2) is 6.33 Å². The molecule has 0 spiro atoms. The van der Waals surface area contributed by atoms with Crippen LogP contribution >= 0.6 is 0 Å². The zero-order chi connectivity index (χ0) is 12.4. The van der Waals surface area contributed by atoms with Gasteiger partial charge >= 0.3 is 0 Å². The molecular formula is C13H23N5. The highest BCUT2D eigenvalue weighted by Crippen LogP contribution is 2.31. The number of nitrogens with zero attached hydrogens (tertiary/aromatic N) is 4. The molecule has 100 valence electrons. The summed E-state index contributed by atoms with van der Waals surface area (Å²) in [6.07, 6.45) is 5.80. The van der Waals surface area contributed by atoms with E-state index in [0.717, 1.165) is 25.5 Å². The molecule has 2 aliphatic rings. The van der Waals surface area contributed by atoms with Gasteiger partial charge in [0.05, 0.1) is 6.54 Å². The van der Waals surface area contributed by atoms with E-state index < -0.39 is 0 Å². The molecule has 18 heavy (non-hydrogen) atoms. The summed E-state index contributed by atoms with van der Waals surface area (Å²) in [7, 11) is 0. The zero-order valence-electron chi connectivity index (χ0n) is 11.2. The molecule has 1 aromatic heterocycles. The van der Waals surface area contributed by atoms with Gasteiger partial charge in [-0.3, -0.25) is 4.90 Å². The maximum absolute atomic E-state index is 4.20. The maximum atomic E-state index is 4.20. The first kappa shape index (κ1) is 12.1. The summed E-state index contributed by atoms with van der Waals surface area (Å²) in [5.74, 6) is 1.12. The Balaban J connectivity index is 1.66. The van der Waals surface area contributed by atoms with Gasteiger partial charge in [0, 0.05) is 26.2 Å². The van der Waals surface area contributed by atoms with Crippen LogP contribution in [0.4, 0.5) is 0 Å². The summed E-state index contributed by atoms with van der Waals surface area (Å²) in [5, 5.41) is 11.8. The van der Waals surface area contributed by atoms with E-state index in [1.807, 2.05) is 6.33 Å². The third kappa shape index (κ3) is 2.29. The van der Waals surface area contributed by atoms with Crippen molar-refractivity contribution in [2.75, 3.05) is 26.2 Å². The molecule has 3 rings (SSSR count). The van der Waals surface area contributed by atoms with Gasteiger partial charge in [-0.2, -0.15) is 0 Å². The van der Waals surface area contributed by atoms with Crippen molar-refractivity contribution in [2.24, 2.45) is 5.41 Å². The number of hydrogen-bond donors (Lipinski definition) is 1. The number of aromatic nitrogens is 3. The van der Waals surface area contributed by atoms with Gasteiger partial charge in [-0.25, -0.2) is 0 Å². The maximum Gasteiger partial charge on any atom is 0.147 e.